The number of carbonyl (C=O) groups is 1. The predicted octanol–water partition coefficient (Wildman–Crippen LogP) is 1.79. The minimum absolute atomic E-state index is 0.312. The maximum absolute atomic E-state index is 11.6. The lowest BCUT2D eigenvalue weighted by Gasteiger charge is -2.26. The number of nitrogens with zero attached hydrogens (tertiary/aromatic N) is 1. The van der Waals surface area contributed by atoms with Crippen LogP contribution in [0, 0.1) is 0 Å². The Morgan fingerprint density at radius 2 is 2.06 bits per heavy atom. The molecule has 0 aliphatic carbocycles. The number of rotatable bonds is 3. The maximum Gasteiger partial charge on any atom is 0.407 e. The second kappa shape index (κ2) is 4.88. The van der Waals surface area contributed by atoms with Crippen LogP contribution in [-0.2, 0) is 10.2 Å². The Morgan fingerprint density at radius 3 is 2.50 bits per heavy atom. The number of alkyl carbamates (subject to hydrolysis) is 1. The van der Waals surface area contributed by atoms with Crippen molar-refractivity contribution in [3.05, 3.63) is 11.8 Å². The number of aromatic nitrogens is 2. The zero-order valence-electron chi connectivity index (χ0n) is 11.6. The van der Waals surface area contributed by atoms with E-state index in [2.05, 4.69) is 15.5 Å². The number of aromatic amines is 1. The molecule has 1 aromatic heterocycles. The summed E-state index contributed by atoms with van der Waals surface area (Å²) in [6.07, 6.45) is 1.24. The lowest BCUT2D eigenvalue weighted by atomic mass is 9.86. The van der Waals surface area contributed by atoms with Gasteiger partial charge in [-0.1, -0.05) is 13.8 Å². The van der Waals surface area contributed by atoms with Crippen LogP contribution in [0.1, 0.15) is 40.2 Å². The van der Waals surface area contributed by atoms with Crippen LogP contribution in [0.25, 0.3) is 0 Å². The Kier molecular flexibility index (Phi) is 3.88. The van der Waals surface area contributed by atoms with E-state index in [1.165, 1.54) is 0 Å². The summed E-state index contributed by atoms with van der Waals surface area (Å²) < 4.78 is 5.18. The summed E-state index contributed by atoms with van der Waals surface area (Å²) in [5.74, 6) is 0.519. The van der Waals surface area contributed by atoms with E-state index in [9.17, 15) is 4.79 Å². The van der Waals surface area contributed by atoms with E-state index < -0.39 is 11.7 Å². The normalized spacial score (nSPS) is 12.3. The fourth-order valence-corrected chi connectivity index (χ4v) is 1.54. The largest absolute Gasteiger partial charge is 0.444 e. The quantitative estimate of drug-likeness (QED) is 0.766. The Balaban J connectivity index is 2.58. The number of amides is 1. The first-order chi connectivity index (χ1) is 8.12. The van der Waals surface area contributed by atoms with E-state index in [0.717, 1.165) is 5.56 Å². The van der Waals surface area contributed by atoms with Crippen LogP contribution in [0.2, 0.25) is 0 Å². The highest BCUT2D eigenvalue weighted by atomic mass is 16.6. The minimum Gasteiger partial charge on any atom is -0.444 e. The van der Waals surface area contributed by atoms with Crippen molar-refractivity contribution in [2.75, 3.05) is 12.3 Å². The van der Waals surface area contributed by atoms with Crippen LogP contribution < -0.4 is 11.1 Å². The molecule has 1 heterocycles. The molecule has 102 valence electrons. The minimum atomic E-state index is -0.497. The summed E-state index contributed by atoms with van der Waals surface area (Å²) in [5.41, 5.74) is 5.84. The van der Waals surface area contributed by atoms with E-state index in [1.54, 1.807) is 6.20 Å². The first kappa shape index (κ1) is 14.3. The molecule has 0 unspecified atom stereocenters. The molecule has 0 saturated carbocycles. The van der Waals surface area contributed by atoms with Gasteiger partial charge >= 0.3 is 6.09 Å². The van der Waals surface area contributed by atoms with Gasteiger partial charge in [0.15, 0.2) is 0 Å². The van der Waals surface area contributed by atoms with Crippen LogP contribution in [-0.4, -0.2) is 28.4 Å². The van der Waals surface area contributed by atoms with Gasteiger partial charge in [0.05, 0.1) is 6.20 Å². The van der Waals surface area contributed by atoms with Crippen molar-refractivity contribution in [1.29, 1.82) is 0 Å². The molecule has 0 radical (unpaired) electrons. The van der Waals surface area contributed by atoms with E-state index in [0.29, 0.717) is 12.4 Å². The van der Waals surface area contributed by atoms with E-state index >= 15 is 0 Å². The number of H-pyrrole nitrogens is 1. The zero-order chi connectivity index (χ0) is 14.0. The van der Waals surface area contributed by atoms with Crippen molar-refractivity contribution in [2.24, 2.45) is 0 Å². The molecule has 0 aromatic carbocycles. The third kappa shape index (κ3) is 3.94. The number of nitrogens with two attached hydrogens (primary N) is 1. The van der Waals surface area contributed by atoms with Gasteiger partial charge in [0.25, 0.3) is 0 Å². The van der Waals surface area contributed by atoms with Gasteiger partial charge in [-0.05, 0) is 20.8 Å². The molecule has 18 heavy (non-hydrogen) atoms. The number of nitrogens with one attached hydrogen (secondary N) is 2. The number of hydrogen-bond acceptors (Lipinski definition) is 4. The zero-order valence-corrected chi connectivity index (χ0v) is 11.6. The van der Waals surface area contributed by atoms with E-state index in [4.69, 9.17) is 10.5 Å². The first-order valence-corrected chi connectivity index (χ1v) is 5.88. The Morgan fingerprint density at radius 1 is 1.44 bits per heavy atom. The second-order valence-electron chi connectivity index (χ2n) is 5.94. The third-order valence-corrected chi connectivity index (χ3v) is 2.47. The number of anilines is 1. The molecule has 6 heteroatoms. The lowest BCUT2D eigenvalue weighted by Crippen LogP contribution is -2.39. The number of ether oxygens (including phenoxy) is 1. The van der Waals surface area contributed by atoms with Crippen LogP contribution in [0.15, 0.2) is 6.20 Å². The van der Waals surface area contributed by atoms with Crippen molar-refractivity contribution < 1.29 is 9.53 Å². The maximum atomic E-state index is 11.6. The molecule has 1 aromatic rings. The molecule has 0 saturated heterocycles. The smallest absolute Gasteiger partial charge is 0.407 e. The molecule has 6 nitrogen and oxygen atoms in total. The first-order valence-electron chi connectivity index (χ1n) is 5.88. The van der Waals surface area contributed by atoms with Crippen molar-refractivity contribution in [1.82, 2.24) is 15.5 Å². The monoisotopic (exact) mass is 254 g/mol. The van der Waals surface area contributed by atoms with Gasteiger partial charge in [0, 0.05) is 17.5 Å². The van der Waals surface area contributed by atoms with Gasteiger partial charge in [-0.3, -0.25) is 5.10 Å². The molecule has 0 spiro atoms. The van der Waals surface area contributed by atoms with Crippen LogP contribution in [0.5, 0.6) is 0 Å². The van der Waals surface area contributed by atoms with Gasteiger partial charge in [-0.25, -0.2) is 4.79 Å². The second-order valence-corrected chi connectivity index (χ2v) is 5.94. The molecule has 1 amide bonds. The average molecular weight is 254 g/mol. The highest BCUT2D eigenvalue weighted by Crippen LogP contribution is 2.25. The summed E-state index contributed by atoms with van der Waals surface area (Å²) >= 11 is 0. The number of hydrogen-bond donors (Lipinski definition) is 3. The van der Waals surface area contributed by atoms with Crippen molar-refractivity contribution >= 4 is 11.9 Å². The van der Waals surface area contributed by atoms with Gasteiger partial charge in [-0.15, -0.1) is 0 Å². The van der Waals surface area contributed by atoms with Crippen LogP contribution in [0.3, 0.4) is 0 Å². The fraction of sp³-hybridized carbons (Fsp3) is 0.667. The van der Waals surface area contributed by atoms with Crippen LogP contribution in [0.4, 0.5) is 10.6 Å². The fourth-order valence-electron chi connectivity index (χ4n) is 1.54. The van der Waals surface area contributed by atoms with Gasteiger partial charge in [0.1, 0.15) is 11.4 Å². The predicted molar refractivity (Wildman–Crippen MR) is 70.3 cm³/mol. The molecule has 0 aliphatic heterocycles. The molecule has 0 atom stereocenters. The van der Waals surface area contributed by atoms with Crippen molar-refractivity contribution in [3.63, 3.8) is 0 Å². The molecular weight excluding hydrogens is 232 g/mol. The Bertz CT molecular complexity index is 418. The molecule has 0 aliphatic rings. The molecule has 0 bridgehead atoms. The third-order valence-electron chi connectivity index (χ3n) is 2.47. The highest BCUT2D eigenvalue weighted by molar-refractivity contribution is 5.68. The summed E-state index contributed by atoms with van der Waals surface area (Å²) in [7, 11) is 0. The van der Waals surface area contributed by atoms with Gasteiger partial charge in [0.2, 0.25) is 0 Å². The molecule has 1 rings (SSSR count). The van der Waals surface area contributed by atoms with Crippen molar-refractivity contribution in [2.45, 2.75) is 45.6 Å². The lowest BCUT2D eigenvalue weighted by molar-refractivity contribution is 0.0517. The summed E-state index contributed by atoms with van der Waals surface area (Å²) in [6.45, 7) is 9.85. The summed E-state index contributed by atoms with van der Waals surface area (Å²) in [5, 5.41) is 9.30. The number of nitrogen functional groups attached to an aromatic ring is 1. The van der Waals surface area contributed by atoms with Crippen molar-refractivity contribution in [3.8, 4) is 0 Å². The highest BCUT2D eigenvalue weighted by Gasteiger charge is 2.26. The Labute approximate surface area is 107 Å². The molecule has 4 N–H and O–H groups in total. The topological polar surface area (TPSA) is 93.0 Å². The summed E-state index contributed by atoms with van der Waals surface area (Å²) in [6, 6.07) is 0. The number of carbonyl (C=O) groups excluding carboxylic acids is 1. The van der Waals surface area contributed by atoms with Gasteiger partial charge < -0.3 is 15.8 Å². The molecular formula is C12H22N4O2. The van der Waals surface area contributed by atoms with E-state index in [-0.39, 0.29) is 5.41 Å². The van der Waals surface area contributed by atoms with Crippen LogP contribution >= 0.6 is 0 Å². The van der Waals surface area contributed by atoms with Gasteiger partial charge in [-0.2, -0.15) is 5.10 Å². The summed E-state index contributed by atoms with van der Waals surface area (Å²) in [4.78, 5) is 11.6. The standard InChI is InChI=1S/C12H22N4O2/c1-11(2,3)18-10(17)14-7-12(4,5)8-6-15-16-9(8)13/h6H,7H2,1-5H3,(H,14,17)(H3,13,15,16). The average Bonchev–Trinajstić information content (AvgIpc) is 2.60. The Hall–Kier alpha value is -1.72. The molecule has 0 fully saturated rings. The SMILES string of the molecule is CC(C)(C)OC(=O)NCC(C)(C)c1cn[nH]c1N. The van der Waals surface area contributed by atoms with E-state index in [1.807, 2.05) is 34.6 Å².